The number of aryl methyl sites for hydroxylation is 1. The molecule has 160 valence electrons. The van der Waals surface area contributed by atoms with Crippen LogP contribution < -0.4 is 0 Å². The number of hydrogen-bond acceptors (Lipinski definition) is 5. The zero-order valence-corrected chi connectivity index (χ0v) is 18.6. The molecule has 0 spiro atoms. The van der Waals surface area contributed by atoms with Crippen molar-refractivity contribution in [2.45, 2.75) is 12.8 Å². The molecule has 4 rings (SSSR count). The quantitative estimate of drug-likeness (QED) is 0.512. The average molecular weight is 435 g/mol. The highest BCUT2D eigenvalue weighted by Gasteiger charge is 2.21. The smallest absolute Gasteiger partial charge is 0.112 e. The molecule has 0 aliphatic carbocycles. The highest BCUT2D eigenvalue weighted by Crippen LogP contribution is 2.32. The number of morpholine rings is 1. The lowest BCUT2D eigenvalue weighted by Gasteiger charge is -2.26. The maximum atomic E-state index is 6.99. The number of nitrogens with zero attached hydrogens (tertiary/aromatic N) is 4. The van der Waals surface area contributed by atoms with Crippen LogP contribution in [0.15, 0.2) is 65.7 Å². The molecule has 2 heterocycles. The Kier molecular flexibility index (Phi) is 7.41. The monoisotopic (exact) mass is 434 g/mol. The number of aromatic nitrogens is 2. The first-order chi connectivity index (χ1) is 15.3. The molecule has 31 heavy (non-hydrogen) atoms. The largest absolute Gasteiger partial charge is 0.379 e. The molecule has 0 N–H and O–H groups in total. The molecule has 0 radical (unpaired) electrons. The Balaban J connectivity index is 1.69. The van der Waals surface area contributed by atoms with Crippen molar-refractivity contribution in [2.75, 3.05) is 39.9 Å². The van der Waals surface area contributed by atoms with Crippen LogP contribution in [0.3, 0.4) is 0 Å². The predicted molar refractivity (Wildman–Crippen MR) is 126 cm³/mol. The van der Waals surface area contributed by atoms with Gasteiger partial charge in [-0.2, -0.15) is 5.10 Å². The first-order valence-corrected chi connectivity index (χ1v) is 11.1. The third-order valence-corrected chi connectivity index (χ3v) is 5.90. The van der Waals surface area contributed by atoms with Crippen molar-refractivity contribution in [3.63, 3.8) is 0 Å². The molecule has 1 saturated heterocycles. The average Bonchev–Trinajstić information content (AvgIpc) is 2.83. The number of rotatable bonds is 7. The molecule has 1 aliphatic rings. The van der Waals surface area contributed by atoms with Gasteiger partial charge in [0, 0.05) is 36.8 Å². The van der Waals surface area contributed by atoms with Gasteiger partial charge in [-0.3, -0.25) is 9.89 Å². The van der Waals surface area contributed by atoms with Crippen LogP contribution >= 0.6 is 11.6 Å². The van der Waals surface area contributed by atoms with Crippen LogP contribution in [-0.4, -0.2) is 60.7 Å². The topological polar surface area (TPSA) is 50.6 Å². The second kappa shape index (κ2) is 10.6. The Morgan fingerprint density at radius 3 is 2.35 bits per heavy atom. The van der Waals surface area contributed by atoms with E-state index in [4.69, 9.17) is 16.3 Å². The van der Waals surface area contributed by atoms with Crippen LogP contribution in [0.5, 0.6) is 0 Å². The highest BCUT2D eigenvalue weighted by molar-refractivity contribution is 6.37. The normalized spacial score (nSPS) is 15.2. The second-order valence-corrected chi connectivity index (χ2v) is 7.92. The summed E-state index contributed by atoms with van der Waals surface area (Å²) in [5.74, 6) is 0. The Morgan fingerprint density at radius 2 is 1.68 bits per heavy atom. The summed E-state index contributed by atoms with van der Waals surface area (Å²) in [4.78, 5) is 7.05. The molecule has 3 aromatic rings. The lowest BCUT2D eigenvalue weighted by molar-refractivity contribution is 0.0374. The van der Waals surface area contributed by atoms with Gasteiger partial charge in [-0.15, -0.1) is 5.10 Å². The van der Waals surface area contributed by atoms with Crippen LogP contribution in [0.1, 0.15) is 23.2 Å². The van der Waals surface area contributed by atoms with E-state index in [1.54, 1.807) is 7.05 Å². The number of ether oxygens (including phenoxy) is 1. The van der Waals surface area contributed by atoms with Crippen molar-refractivity contribution in [1.29, 1.82) is 0 Å². The molecule has 2 aromatic carbocycles. The van der Waals surface area contributed by atoms with Gasteiger partial charge in [0.2, 0.25) is 0 Å². The molecule has 1 aliphatic heterocycles. The molecular weight excluding hydrogens is 408 g/mol. The molecule has 5 nitrogen and oxygen atoms in total. The van der Waals surface area contributed by atoms with E-state index in [9.17, 15) is 0 Å². The van der Waals surface area contributed by atoms with Crippen LogP contribution in [0.4, 0.5) is 0 Å². The van der Waals surface area contributed by atoms with Gasteiger partial charge in [0.15, 0.2) is 0 Å². The van der Waals surface area contributed by atoms with Gasteiger partial charge in [0.25, 0.3) is 0 Å². The Hall–Kier alpha value is -2.60. The predicted octanol–water partition coefficient (Wildman–Crippen LogP) is 4.53. The van der Waals surface area contributed by atoms with E-state index in [2.05, 4.69) is 32.2 Å². The molecule has 0 amide bonds. The maximum Gasteiger partial charge on any atom is 0.112 e. The summed E-state index contributed by atoms with van der Waals surface area (Å²) in [7, 11) is 1.80. The lowest BCUT2D eigenvalue weighted by atomic mass is 9.97. The summed E-state index contributed by atoms with van der Waals surface area (Å²) in [5.41, 5.74) is 5.27. The van der Waals surface area contributed by atoms with E-state index in [-0.39, 0.29) is 0 Å². The van der Waals surface area contributed by atoms with E-state index in [0.717, 1.165) is 73.8 Å². The summed E-state index contributed by atoms with van der Waals surface area (Å²) < 4.78 is 5.45. The zero-order valence-electron chi connectivity index (χ0n) is 17.8. The third kappa shape index (κ3) is 5.18. The van der Waals surface area contributed by atoms with Crippen molar-refractivity contribution in [3.05, 3.63) is 82.5 Å². The lowest BCUT2D eigenvalue weighted by Crippen LogP contribution is -2.37. The molecule has 1 fully saturated rings. The van der Waals surface area contributed by atoms with Crippen LogP contribution in [0, 0.1) is 0 Å². The standard InChI is InChI=1S/C25H27ClN4O/c1-27-24(19-9-4-2-5-10-19)22-21(13-8-14-30-15-17-31-18-16-30)28-29-25(23(22)26)20-11-6-3-7-12-20/h2-7,9-12H,8,13-18H2,1H3/b27-24-. The Bertz CT molecular complexity index is 1020. The van der Waals surface area contributed by atoms with Gasteiger partial charge in [-0.05, 0) is 19.4 Å². The van der Waals surface area contributed by atoms with Gasteiger partial charge < -0.3 is 4.74 Å². The molecule has 6 heteroatoms. The molecule has 0 atom stereocenters. The number of aliphatic imine (C=N–C) groups is 1. The van der Waals surface area contributed by atoms with Crippen LogP contribution in [-0.2, 0) is 11.2 Å². The molecule has 0 saturated carbocycles. The Morgan fingerprint density at radius 1 is 1.00 bits per heavy atom. The molecule has 0 bridgehead atoms. The van der Waals surface area contributed by atoms with Gasteiger partial charge in [-0.1, -0.05) is 72.3 Å². The van der Waals surface area contributed by atoms with Gasteiger partial charge in [0.05, 0.1) is 29.6 Å². The van der Waals surface area contributed by atoms with E-state index in [1.165, 1.54) is 0 Å². The fraction of sp³-hybridized carbons (Fsp3) is 0.320. The summed E-state index contributed by atoms with van der Waals surface area (Å²) in [6, 6.07) is 20.1. The van der Waals surface area contributed by atoms with Crippen molar-refractivity contribution >= 4 is 17.3 Å². The minimum atomic E-state index is 0.604. The SMILES string of the molecule is C/N=C(/c1ccccc1)c1c(CCCN2CCOCC2)nnc(-c2ccccc2)c1Cl. The number of benzene rings is 2. The van der Waals surface area contributed by atoms with Gasteiger partial charge in [-0.25, -0.2) is 0 Å². The summed E-state index contributed by atoms with van der Waals surface area (Å²) in [6.07, 6.45) is 1.77. The van der Waals surface area contributed by atoms with Crippen molar-refractivity contribution < 1.29 is 4.74 Å². The van der Waals surface area contributed by atoms with E-state index >= 15 is 0 Å². The first-order valence-electron chi connectivity index (χ1n) is 10.7. The minimum Gasteiger partial charge on any atom is -0.379 e. The van der Waals surface area contributed by atoms with E-state index < -0.39 is 0 Å². The first kappa shape index (κ1) is 21.6. The second-order valence-electron chi connectivity index (χ2n) is 7.55. The summed E-state index contributed by atoms with van der Waals surface area (Å²) >= 11 is 6.99. The van der Waals surface area contributed by atoms with E-state index in [0.29, 0.717) is 10.7 Å². The van der Waals surface area contributed by atoms with Crippen molar-refractivity contribution in [2.24, 2.45) is 4.99 Å². The highest BCUT2D eigenvalue weighted by atomic mass is 35.5. The number of halogens is 1. The summed E-state index contributed by atoms with van der Waals surface area (Å²) in [5, 5.41) is 9.75. The van der Waals surface area contributed by atoms with Crippen LogP contribution in [0.25, 0.3) is 11.3 Å². The van der Waals surface area contributed by atoms with Gasteiger partial charge in [0.1, 0.15) is 5.69 Å². The fourth-order valence-electron chi connectivity index (χ4n) is 3.92. The maximum absolute atomic E-state index is 6.99. The van der Waals surface area contributed by atoms with Crippen molar-refractivity contribution in [3.8, 4) is 11.3 Å². The fourth-order valence-corrected chi connectivity index (χ4v) is 4.27. The molecule has 1 aromatic heterocycles. The van der Waals surface area contributed by atoms with E-state index in [1.807, 2.05) is 48.5 Å². The van der Waals surface area contributed by atoms with Crippen LogP contribution in [0.2, 0.25) is 5.02 Å². The summed E-state index contributed by atoms with van der Waals surface area (Å²) in [6.45, 7) is 4.59. The molecular formula is C25H27ClN4O. The van der Waals surface area contributed by atoms with Crippen molar-refractivity contribution in [1.82, 2.24) is 15.1 Å². The zero-order chi connectivity index (χ0) is 21.5. The third-order valence-electron chi connectivity index (χ3n) is 5.53. The van der Waals surface area contributed by atoms with Gasteiger partial charge >= 0.3 is 0 Å². The molecule has 0 unspecified atom stereocenters. The number of hydrogen-bond donors (Lipinski definition) is 0. The minimum absolute atomic E-state index is 0.604. The Labute approximate surface area is 188 Å².